The molecule has 0 aliphatic heterocycles. The van der Waals surface area contributed by atoms with Gasteiger partial charge >= 0.3 is 0 Å². The van der Waals surface area contributed by atoms with E-state index in [9.17, 15) is 5.26 Å². The number of nitrogens with zero attached hydrogens (tertiary/aromatic N) is 2. The smallest absolute Gasteiger partial charge is 0.123 e. The molecule has 0 radical (unpaired) electrons. The van der Waals surface area contributed by atoms with Crippen molar-refractivity contribution in [3.63, 3.8) is 0 Å². The number of hydrogen-bond donors (Lipinski definition) is 0. The van der Waals surface area contributed by atoms with Gasteiger partial charge in [0.15, 0.2) is 0 Å². The molecule has 1 saturated carbocycles. The van der Waals surface area contributed by atoms with Crippen molar-refractivity contribution in [1.29, 1.82) is 5.26 Å². The SMILES string of the molecule is CCCc1ccc(-c2nc(C3(C#N)CC3)cs2)cc1. The highest BCUT2D eigenvalue weighted by atomic mass is 32.1. The van der Waals surface area contributed by atoms with Crippen LogP contribution < -0.4 is 0 Å². The average molecular weight is 268 g/mol. The summed E-state index contributed by atoms with van der Waals surface area (Å²) in [6, 6.07) is 11.0. The third-order valence-electron chi connectivity index (χ3n) is 3.70. The molecule has 1 heterocycles. The Balaban J connectivity index is 1.85. The Labute approximate surface area is 117 Å². The Morgan fingerprint density at radius 2 is 2.05 bits per heavy atom. The van der Waals surface area contributed by atoms with Crippen molar-refractivity contribution < 1.29 is 0 Å². The molecule has 1 aromatic heterocycles. The lowest BCUT2D eigenvalue weighted by atomic mass is 10.1. The Kier molecular flexibility index (Phi) is 3.12. The first-order chi connectivity index (χ1) is 9.27. The van der Waals surface area contributed by atoms with Crippen molar-refractivity contribution in [2.45, 2.75) is 38.0 Å². The van der Waals surface area contributed by atoms with Crippen LogP contribution in [0.25, 0.3) is 10.6 Å². The van der Waals surface area contributed by atoms with Crippen molar-refractivity contribution in [2.24, 2.45) is 0 Å². The van der Waals surface area contributed by atoms with Crippen molar-refractivity contribution in [1.82, 2.24) is 4.98 Å². The molecule has 19 heavy (non-hydrogen) atoms. The summed E-state index contributed by atoms with van der Waals surface area (Å²) in [6.07, 6.45) is 4.22. The molecule has 2 nitrogen and oxygen atoms in total. The van der Waals surface area contributed by atoms with E-state index < -0.39 is 0 Å². The third-order valence-corrected chi connectivity index (χ3v) is 4.59. The Morgan fingerprint density at radius 3 is 2.63 bits per heavy atom. The number of rotatable bonds is 4. The first-order valence-electron chi connectivity index (χ1n) is 6.74. The van der Waals surface area contributed by atoms with Gasteiger partial charge in [0.05, 0.1) is 11.8 Å². The molecule has 0 amide bonds. The summed E-state index contributed by atoms with van der Waals surface area (Å²) in [5.41, 5.74) is 3.23. The van der Waals surface area contributed by atoms with Crippen molar-refractivity contribution in [2.75, 3.05) is 0 Å². The Morgan fingerprint density at radius 1 is 1.32 bits per heavy atom. The third kappa shape index (κ3) is 2.29. The summed E-state index contributed by atoms with van der Waals surface area (Å²) in [4.78, 5) is 4.66. The predicted octanol–water partition coefficient (Wildman–Crippen LogP) is 4.32. The van der Waals surface area contributed by atoms with Crippen LogP contribution in [-0.4, -0.2) is 4.98 Å². The van der Waals surface area contributed by atoms with E-state index in [1.54, 1.807) is 11.3 Å². The zero-order chi connectivity index (χ0) is 13.3. The van der Waals surface area contributed by atoms with Crippen LogP contribution in [0.4, 0.5) is 0 Å². The number of benzene rings is 1. The van der Waals surface area contributed by atoms with E-state index >= 15 is 0 Å². The van der Waals surface area contributed by atoms with Gasteiger partial charge < -0.3 is 0 Å². The van der Waals surface area contributed by atoms with E-state index in [-0.39, 0.29) is 5.41 Å². The van der Waals surface area contributed by atoms with Gasteiger partial charge in [-0.25, -0.2) is 4.98 Å². The molecule has 3 rings (SSSR count). The topological polar surface area (TPSA) is 36.7 Å². The van der Waals surface area contributed by atoms with E-state index in [4.69, 9.17) is 0 Å². The standard InChI is InChI=1S/C16H16N2S/c1-2-3-12-4-6-13(7-5-12)15-18-14(10-19-15)16(11-17)8-9-16/h4-7,10H,2-3,8-9H2,1H3. The molecule has 1 fully saturated rings. The molecule has 0 unspecified atom stereocenters. The lowest BCUT2D eigenvalue weighted by Gasteiger charge is -2.01. The van der Waals surface area contributed by atoms with Crippen molar-refractivity contribution in [3.8, 4) is 16.6 Å². The van der Waals surface area contributed by atoms with Crippen LogP contribution in [-0.2, 0) is 11.8 Å². The lowest BCUT2D eigenvalue weighted by Crippen LogP contribution is -2.02. The molecule has 96 valence electrons. The Bertz CT molecular complexity index is 615. The van der Waals surface area contributed by atoms with Crippen molar-refractivity contribution >= 4 is 11.3 Å². The number of nitriles is 1. The molecular formula is C16H16N2S. The van der Waals surface area contributed by atoms with Gasteiger partial charge in [-0.05, 0) is 24.8 Å². The minimum atomic E-state index is -0.267. The number of aryl methyl sites for hydroxylation is 1. The molecule has 1 aliphatic rings. The maximum Gasteiger partial charge on any atom is 0.123 e. The van der Waals surface area contributed by atoms with Gasteiger partial charge in [-0.2, -0.15) is 5.26 Å². The highest BCUT2D eigenvalue weighted by Gasteiger charge is 2.46. The average Bonchev–Trinajstić information content (AvgIpc) is 3.09. The second-order valence-corrected chi connectivity index (χ2v) is 6.04. The monoisotopic (exact) mass is 268 g/mol. The van der Waals surface area contributed by atoms with Crippen LogP contribution in [0.1, 0.15) is 37.4 Å². The maximum atomic E-state index is 9.20. The van der Waals surface area contributed by atoms with Crippen molar-refractivity contribution in [3.05, 3.63) is 40.9 Å². The maximum absolute atomic E-state index is 9.20. The number of aromatic nitrogens is 1. The molecule has 0 bridgehead atoms. The van der Waals surface area contributed by atoms with Gasteiger partial charge in [0.1, 0.15) is 10.4 Å². The normalized spacial score (nSPS) is 16.0. The molecule has 1 aromatic carbocycles. The summed E-state index contributed by atoms with van der Waals surface area (Å²) < 4.78 is 0. The van der Waals surface area contributed by atoms with Crippen LogP contribution in [0.3, 0.4) is 0 Å². The van der Waals surface area contributed by atoms with Crippen LogP contribution in [0.2, 0.25) is 0 Å². The van der Waals surface area contributed by atoms with Crippen LogP contribution in [0.15, 0.2) is 29.6 Å². The molecule has 0 spiro atoms. The zero-order valence-electron chi connectivity index (χ0n) is 11.0. The number of thiazole rings is 1. The van der Waals surface area contributed by atoms with E-state index in [1.165, 1.54) is 12.0 Å². The van der Waals surface area contributed by atoms with Gasteiger partial charge in [0.2, 0.25) is 0 Å². The van der Waals surface area contributed by atoms with Gasteiger partial charge in [0, 0.05) is 10.9 Å². The van der Waals surface area contributed by atoms with Gasteiger partial charge in [-0.1, -0.05) is 37.6 Å². The minimum Gasteiger partial charge on any atom is -0.239 e. The fourth-order valence-corrected chi connectivity index (χ4v) is 3.20. The van der Waals surface area contributed by atoms with Crippen LogP contribution in [0, 0.1) is 11.3 Å². The summed E-state index contributed by atoms with van der Waals surface area (Å²) >= 11 is 1.64. The fourth-order valence-electron chi connectivity index (χ4n) is 2.28. The zero-order valence-corrected chi connectivity index (χ0v) is 11.8. The summed E-state index contributed by atoms with van der Waals surface area (Å²) in [5, 5.41) is 12.3. The first-order valence-corrected chi connectivity index (χ1v) is 7.62. The molecule has 0 N–H and O–H groups in total. The van der Waals surface area contributed by atoms with Gasteiger partial charge in [0.25, 0.3) is 0 Å². The highest BCUT2D eigenvalue weighted by molar-refractivity contribution is 7.13. The highest BCUT2D eigenvalue weighted by Crippen LogP contribution is 2.48. The molecule has 1 aliphatic carbocycles. The predicted molar refractivity (Wildman–Crippen MR) is 78.1 cm³/mol. The summed E-state index contributed by atoms with van der Waals surface area (Å²) in [5.74, 6) is 0. The quantitative estimate of drug-likeness (QED) is 0.828. The van der Waals surface area contributed by atoms with Crippen LogP contribution in [0.5, 0.6) is 0 Å². The summed E-state index contributed by atoms with van der Waals surface area (Å²) in [7, 11) is 0. The minimum absolute atomic E-state index is 0.267. The van der Waals surface area contributed by atoms with Gasteiger partial charge in [-0.3, -0.25) is 0 Å². The van der Waals surface area contributed by atoms with E-state index in [2.05, 4.69) is 42.2 Å². The molecule has 3 heteroatoms. The fraction of sp³-hybridized carbons (Fsp3) is 0.375. The lowest BCUT2D eigenvalue weighted by molar-refractivity contribution is 0.868. The number of hydrogen-bond acceptors (Lipinski definition) is 3. The second kappa shape index (κ2) is 4.79. The van der Waals surface area contributed by atoms with E-state index in [1.807, 2.05) is 5.38 Å². The Hall–Kier alpha value is -1.66. The van der Waals surface area contributed by atoms with E-state index in [0.717, 1.165) is 35.5 Å². The van der Waals surface area contributed by atoms with Crippen LogP contribution >= 0.6 is 11.3 Å². The molecule has 0 saturated heterocycles. The second-order valence-electron chi connectivity index (χ2n) is 5.18. The largest absolute Gasteiger partial charge is 0.239 e. The molecular weight excluding hydrogens is 252 g/mol. The molecule has 0 atom stereocenters. The summed E-state index contributed by atoms with van der Waals surface area (Å²) in [6.45, 7) is 2.19. The molecule has 2 aromatic rings. The first kappa shape index (κ1) is 12.4. The van der Waals surface area contributed by atoms with Gasteiger partial charge in [-0.15, -0.1) is 11.3 Å². The van der Waals surface area contributed by atoms with E-state index in [0.29, 0.717) is 0 Å².